The highest BCUT2D eigenvalue weighted by Gasteiger charge is 2.30. The van der Waals surface area contributed by atoms with Crippen molar-refractivity contribution in [1.29, 1.82) is 0 Å². The van der Waals surface area contributed by atoms with E-state index in [4.69, 9.17) is 0 Å². The van der Waals surface area contributed by atoms with E-state index in [2.05, 4.69) is 20.0 Å². The average Bonchev–Trinajstić information content (AvgIpc) is 3.17. The monoisotopic (exact) mass is 365 g/mol. The third-order valence-corrected chi connectivity index (χ3v) is 6.27. The van der Waals surface area contributed by atoms with Crippen LogP contribution >= 0.6 is 0 Å². The van der Waals surface area contributed by atoms with E-state index < -0.39 is 9.84 Å². The van der Waals surface area contributed by atoms with E-state index in [1.165, 1.54) is 0 Å². The van der Waals surface area contributed by atoms with Gasteiger partial charge in [0.25, 0.3) is 0 Å². The zero-order chi connectivity index (χ0) is 17.9. The van der Waals surface area contributed by atoms with Gasteiger partial charge in [0, 0.05) is 37.0 Å². The molecule has 0 aromatic carbocycles. The van der Waals surface area contributed by atoms with Gasteiger partial charge >= 0.3 is 0 Å². The molecule has 2 aromatic rings. The molecule has 1 aliphatic rings. The van der Waals surface area contributed by atoms with E-state index >= 15 is 0 Å². The number of rotatable bonds is 7. The Hall–Kier alpha value is -1.84. The maximum Gasteiger partial charge on any atom is 0.181 e. The molecule has 0 radical (unpaired) electrons. The molecule has 2 aromatic heterocycles. The number of nitrogens with zero attached hydrogens (tertiary/aromatic N) is 5. The predicted octanol–water partition coefficient (Wildman–Crippen LogP) is -0.00620. The van der Waals surface area contributed by atoms with E-state index in [9.17, 15) is 13.5 Å². The van der Waals surface area contributed by atoms with Crippen molar-refractivity contribution < 1.29 is 13.5 Å². The molecule has 0 unspecified atom stereocenters. The Morgan fingerprint density at radius 2 is 2.12 bits per heavy atom. The van der Waals surface area contributed by atoms with Gasteiger partial charge in [0.1, 0.15) is 5.82 Å². The Labute approximate surface area is 147 Å². The van der Waals surface area contributed by atoms with Crippen molar-refractivity contribution in [3.05, 3.63) is 30.4 Å². The number of pyridine rings is 1. The highest BCUT2D eigenvalue weighted by Crippen LogP contribution is 2.18. The molecule has 25 heavy (non-hydrogen) atoms. The van der Waals surface area contributed by atoms with Gasteiger partial charge in [-0.1, -0.05) is 0 Å². The van der Waals surface area contributed by atoms with Gasteiger partial charge in [-0.2, -0.15) is 5.10 Å². The van der Waals surface area contributed by atoms with Crippen molar-refractivity contribution in [2.24, 2.45) is 0 Å². The molecule has 0 amide bonds. The highest BCUT2D eigenvalue weighted by atomic mass is 32.2. The minimum absolute atomic E-state index is 0.0111. The third-order valence-electron chi connectivity index (χ3n) is 4.52. The van der Waals surface area contributed by atoms with Crippen LogP contribution in [-0.2, 0) is 22.8 Å². The minimum Gasteiger partial charge on any atom is -0.394 e. The molecule has 0 saturated carbocycles. The lowest BCUT2D eigenvalue weighted by atomic mass is 10.2. The Kier molecular flexibility index (Phi) is 5.45. The normalized spacial score (nSPS) is 19.6. The Morgan fingerprint density at radius 1 is 1.36 bits per heavy atom. The summed E-state index contributed by atoms with van der Waals surface area (Å²) in [5, 5.41) is 13.7. The molecule has 9 heteroatoms. The first kappa shape index (κ1) is 18.0. The van der Waals surface area contributed by atoms with Crippen LogP contribution in [0.2, 0.25) is 0 Å². The fourth-order valence-electron chi connectivity index (χ4n) is 3.04. The summed E-state index contributed by atoms with van der Waals surface area (Å²) < 4.78 is 25.0. The van der Waals surface area contributed by atoms with Crippen molar-refractivity contribution in [2.75, 3.05) is 31.7 Å². The van der Waals surface area contributed by atoms with E-state index in [-0.39, 0.29) is 24.2 Å². The van der Waals surface area contributed by atoms with Gasteiger partial charge in [-0.25, -0.2) is 18.1 Å². The van der Waals surface area contributed by atoms with Gasteiger partial charge in [-0.15, -0.1) is 0 Å². The lowest BCUT2D eigenvalue weighted by Gasteiger charge is -2.22. The fraction of sp³-hybridized carbons (Fsp3) is 0.562. The standard InChI is InChI=1S/C16H23N5O3S/c1-20(14-5-11-25(23,24)12-14)8-4-15-18-16(19-21(15)9-10-22)13-2-6-17-7-3-13/h2-3,6-7,14,22H,4-5,8-12H2,1H3/t14-/m0/s1. The predicted molar refractivity (Wildman–Crippen MR) is 93.7 cm³/mol. The Bertz CT molecular complexity index is 806. The summed E-state index contributed by atoms with van der Waals surface area (Å²) in [6.45, 7) is 1.07. The summed E-state index contributed by atoms with van der Waals surface area (Å²) in [6.07, 6.45) is 4.71. The largest absolute Gasteiger partial charge is 0.394 e. The quantitative estimate of drug-likeness (QED) is 0.736. The van der Waals surface area contributed by atoms with Crippen molar-refractivity contribution in [2.45, 2.75) is 25.4 Å². The van der Waals surface area contributed by atoms with Crippen LogP contribution in [-0.4, -0.2) is 75.9 Å². The molecule has 0 spiro atoms. The summed E-state index contributed by atoms with van der Waals surface area (Å²) in [5.74, 6) is 1.90. The maximum absolute atomic E-state index is 11.6. The van der Waals surface area contributed by atoms with Crippen LogP contribution in [0.1, 0.15) is 12.2 Å². The van der Waals surface area contributed by atoms with Crippen molar-refractivity contribution in [3.8, 4) is 11.4 Å². The van der Waals surface area contributed by atoms with Crippen LogP contribution in [0.15, 0.2) is 24.5 Å². The summed E-state index contributed by atoms with van der Waals surface area (Å²) >= 11 is 0. The van der Waals surface area contributed by atoms with E-state index in [0.29, 0.717) is 31.8 Å². The lowest BCUT2D eigenvalue weighted by Crippen LogP contribution is -2.34. The summed E-state index contributed by atoms with van der Waals surface area (Å²) in [6, 6.07) is 3.76. The molecule has 3 heterocycles. The van der Waals surface area contributed by atoms with Crippen LogP contribution < -0.4 is 0 Å². The van der Waals surface area contributed by atoms with Gasteiger partial charge in [0.15, 0.2) is 15.7 Å². The lowest BCUT2D eigenvalue weighted by molar-refractivity contribution is 0.253. The molecule has 3 rings (SSSR count). The van der Waals surface area contributed by atoms with Gasteiger partial charge < -0.3 is 10.0 Å². The number of likely N-dealkylation sites (N-methyl/N-ethyl adjacent to an activating group) is 1. The first-order valence-corrected chi connectivity index (χ1v) is 10.2. The third kappa shape index (κ3) is 4.42. The summed E-state index contributed by atoms with van der Waals surface area (Å²) in [7, 11) is -0.939. The average molecular weight is 365 g/mol. The minimum atomic E-state index is -2.89. The van der Waals surface area contributed by atoms with Crippen LogP contribution in [0.5, 0.6) is 0 Å². The van der Waals surface area contributed by atoms with Crippen LogP contribution in [0, 0.1) is 0 Å². The highest BCUT2D eigenvalue weighted by molar-refractivity contribution is 7.91. The van der Waals surface area contributed by atoms with Crippen LogP contribution in [0.4, 0.5) is 0 Å². The summed E-state index contributed by atoms with van der Waals surface area (Å²) in [4.78, 5) is 10.7. The molecule has 1 atom stereocenters. The summed E-state index contributed by atoms with van der Waals surface area (Å²) in [5.41, 5.74) is 0.878. The van der Waals surface area contributed by atoms with Crippen molar-refractivity contribution >= 4 is 9.84 Å². The molecule has 8 nitrogen and oxygen atoms in total. The molecular weight excluding hydrogens is 342 g/mol. The number of hydrogen-bond donors (Lipinski definition) is 1. The smallest absolute Gasteiger partial charge is 0.181 e. The zero-order valence-corrected chi connectivity index (χ0v) is 15.1. The number of aliphatic hydroxyl groups excluding tert-OH is 1. The maximum atomic E-state index is 11.6. The first-order valence-electron chi connectivity index (χ1n) is 8.34. The van der Waals surface area contributed by atoms with Gasteiger partial charge in [-0.05, 0) is 25.6 Å². The van der Waals surface area contributed by atoms with Crippen LogP contribution in [0.3, 0.4) is 0 Å². The molecule has 1 aliphatic heterocycles. The number of hydrogen-bond acceptors (Lipinski definition) is 7. The van der Waals surface area contributed by atoms with E-state index in [1.54, 1.807) is 17.1 Å². The molecule has 1 saturated heterocycles. The fourth-order valence-corrected chi connectivity index (χ4v) is 4.84. The molecule has 1 fully saturated rings. The second-order valence-corrected chi connectivity index (χ2v) is 8.55. The number of aromatic nitrogens is 4. The van der Waals surface area contributed by atoms with Gasteiger partial charge in [0.05, 0.1) is 24.7 Å². The topological polar surface area (TPSA) is 101 Å². The second kappa shape index (κ2) is 7.59. The SMILES string of the molecule is CN(CCc1nc(-c2ccncc2)nn1CCO)[C@H]1CCS(=O)(=O)C1. The Balaban J connectivity index is 1.70. The van der Waals surface area contributed by atoms with Crippen molar-refractivity contribution in [1.82, 2.24) is 24.6 Å². The molecule has 0 aliphatic carbocycles. The number of aliphatic hydroxyl groups is 1. The molecule has 1 N–H and O–H groups in total. The first-order chi connectivity index (χ1) is 12.0. The molecule has 136 valence electrons. The van der Waals surface area contributed by atoms with E-state index in [1.807, 2.05) is 19.2 Å². The zero-order valence-electron chi connectivity index (χ0n) is 14.2. The van der Waals surface area contributed by atoms with Gasteiger partial charge in [0.2, 0.25) is 0 Å². The van der Waals surface area contributed by atoms with E-state index in [0.717, 1.165) is 11.4 Å². The molecular formula is C16H23N5O3S. The Morgan fingerprint density at radius 3 is 2.76 bits per heavy atom. The van der Waals surface area contributed by atoms with Crippen molar-refractivity contribution in [3.63, 3.8) is 0 Å². The number of sulfone groups is 1. The van der Waals surface area contributed by atoms with Gasteiger partial charge in [-0.3, -0.25) is 4.98 Å². The van der Waals surface area contributed by atoms with Crippen LogP contribution in [0.25, 0.3) is 11.4 Å². The molecule has 0 bridgehead atoms. The second-order valence-electron chi connectivity index (χ2n) is 6.32.